The molecule has 0 aliphatic rings. The van der Waals surface area contributed by atoms with E-state index >= 15 is 0 Å². The second-order valence-corrected chi connectivity index (χ2v) is 6.35. The summed E-state index contributed by atoms with van der Waals surface area (Å²) in [4.78, 5) is 6.34. The van der Waals surface area contributed by atoms with Gasteiger partial charge < -0.3 is 10.1 Å². The summed E-state index contributed by atoms with van der Waals surface area (Å²) >= 11 is 0. The van der Waals surface area contributed by atoms with Gasteiger partial charge in [-0.15, -0.1) is 0 Å². The lowest BCUT2D eigenvalue weighted by Gasteiger charge is -2.12. The van der Waals surface area contributed by atoms with E-state index in [1.165, 1.54) is 18.2 Å². The van der Waals surface area contributed by atoms with Crippen LogP contribution in [0.5, 0.6) is 0 Å². The lowest BCUT2D eigenvalue weighted by atomic mass is 10.2. The van der Waals surface area contributed by atoms with Crippen LogP contribution in [-0.4, -0.2) is 42.0 Å². The number of imidazole rings is 1. The molecule has 0 spiro atoms. The van der Waals surface area contributed by atoms with E-state index in [2.05, 4.69) is 9.97 Å². The molecule has 0 aliphatic carbocycles. The van der Waals surface area contributed by atoms with Crippen LogP contribution in [0.2, 0.25) is 0 Å². The van der Waals surface area contributed by atoms with Gasteiger partial charge in [0.15, 0.2) is 15.9 Å². The summed E-state index contributed by atoms with van der Waals surface area (Å²) in [5.74, 6) is -0.124. The van der Waals surface area contributed by atoms with Crippen molar-refractivity contribution in [3.05, 3.63) is 24.0 Å². The largest absolute Gasteiger partial charge is 0.414 e. The van der Waals surface area contributed by atoms with Crippen molar-refractivity contribution in [1.82, 2.24) is 9.97 Å². The standard InChI is InChI=1S/C11H11F3N2O3S/c1-20(18,19)7-4-2-3-6-10(7)16-9(15-6)5-8(17)11(12,13)14/h2-4,8,17H,5H2,1H3,(H,15,16). The Morgan fingerprint density at radius 2 is 2.05 bits per heavy atom. The average Bonchev–Trinajstić information content (AvgIpc) is 2.67. The molecule has 1 atom stereocenters. The minimum atomic E-state index is -4.75. The number of aromatic amines is 1. The number of aliphatic hydroxyl groups excluding tert-OH is 1. The van der Waals surface area contributed by atoms with Gasteiger partial charge in [0.05, 0.1) is 10.4 Å². The number of aromatic nitrogens is 2. The summed E-state index contributed by atoms with van der Waals surface area (Å²) in [7, 11) is -3.54. The predicted molar refractivity (Wildman–Crippen MR) is 65.0 cm³/mol. The Morgan fingerprint density at radius 3 is 2.60 bits per heavy atom. The highest BCUT2D eigenvalue weighted by molar-refractivity contribution is 7.91. The Kier molecular flexibility index (Phi) is 3.51. The third-order valence-corrected chi connectivity index (χ3v) is 3.82. The molecule has 20 heavy (non-hydrogen) atoms. The van der Waals surface area contributed by atoms with Gasteiger partial charge in [-0.25, -0.2) is 13.4 Å². The smallest absolute Gasteiger partial charge is 0.383 e. The number of benzene rings is 1. The molecule has 110 valence electrons. The fourth-order valence-corrected chi connectivity index (χ4v) is 2.58. The summed E-state index contributed by atoms with van der Waals surface area (Å²) < 4.78 is 59.9. The van der Waals surface area contributed by atoms with E-state index in [0.717, 1.165) is 6.26 Å². The lowest BCUT2D eigenvalue weighted by molar-refractivity contribution is -0.203. The van der Waals surface area contributed by atoms with E-state index in [4.69, 9.17) is 5.11 Å². The molecule has 2 rings (SSSR count). The van der Waals surface area contributed by atoms with Gasteiger partial charge in [0.2, 0.25) is 0 Å². The van der Waals surface area contributed by atoms with Crippen molar-refractivity contribution in [3.8, 4) is 0 Å². The van der Waals surface area contributed by atoms with Gasteiger partial charge in [0, 0.05) is 12.7 Å². The number of hydrogen-bond donors (Lipinski definition) is 2. The van der Waals surface area contributed by atoms with Crippen molar-refractivity contribution in [2.75, 3.05) is 6.26 Å². The van der Waals surface area contributed by atoms with Crippen molar-refractivity contribution in [1.29, 1.82) is 0 Å². The molecule has 0 fully saturated rings. The first-order valence-electron chi connectivity index (χ1n) is 5.51. The molecule has 9 heteroatoms. The number of fused-ring (bicyclic) bond motifs is 1. The number of rotatable bonds is 3. The first kappa shape index (κ1) is 14.8. The molecule has 5 nitrogen and oxygen atoms in total. The van der Waals surface area contributed by atoms with E-state index in [9.17, 15) is 21.6 Å². The molecule has 1 heterocycles. The van der Waals surface area contributed by atoms with E-state index < -0.39 is 28.5 Å². The van der Waals surface area contributed by atoms with Crippen molar-refractivity contribution < 1.29 is 26.7 Å². The fraction of sp³-hybridized carbons (Fsp3) is 0.364. The van der Waals surface area contributed by atoms with Crippen LogP contribution < -0.4 is 0 Å². The van der Waals surface area contributed by atoms with Crippen molar-refractivity contribution in [2.45, 2.75) is 23.6 Å². The number of aliphatic hydroxyl groups is 1. The highest BCUT2D eigenvalue weighted by Gasteiger charge is 2.38. The molecule has 2 aromatic rings. The molecule has 0 saturated heterocycles. The zero-order chi connectivity index (χ0) is 15.1. The number of alkyl halides is 3. The maximum atomic E-state index is 12.3. The normalized spacial score (nSPS) is 14.7. The lowest BCUT2D eigenvalue weighted by Crippen LogP contribution is -2.30. The van der Waals surface area contributed by atoms with Crippen LogP contribution in [-0.2, 0) is 16.3 Å². The van der Waals surface area contributed by atoms with Crippen LogP contribution in [0.3, 0.4) is 0 Å². The number of sulfone groups is 1. The minimum Gasteiger partial charge on any atom is -0.383 e. The van der Waals surface area contributed by atoms with Crippen molar-refractivity contribution in [2.24, 2.45) is 0 Å². The Balaban J connectivity index is 2.45. The van der Waals surface area contributed by atoms with Crippen LogP contribution in [0, 0.1) is 0 Å². The van der Waals surface area contributed by atoms with Gasteiger partial charge in [0.25, 0.3) is 0 Å². The highest BCUT2D eigenvalue weighted by Crippen LogP contribution is 2.25. The average molecular weight is 308 g/mol. The quantitative estimate of drug-likeness (QED) is 0.898. The Hall–Kier alpha value is -1.61. The Bertz CT molecular complexity index is 737. The van der Waals surface area contributed by atoms with Crippen LogP contribution in [0.15, 0.2) is 23.1 Å². The van der Waals surface area contributed by atoms with Crippen LogP contribution in [0.25, 0.3) is 11.0 Å². The second-order valence-electron chi connectivity index (χ2n) is 4.37. The van der Waals surface area contributed by atoms with Crippen LogP contribution >= 0.6 is 0 Å². The zero-order valence-corrected chi connectivity index (χ0v) is 11.1. The summed E-state index contributed by atoms with van der Waals surface area (Å²) in [5, 5.41) is 8.99. The molecule has 0 aliphatic heterocycles. The van der Waals surface area contributed by atoms with Crippen LogP contribution in [0.1, 0.15) is 5.82 Å². The van der Waals surface area contributed by atoms with E-state index in [1.807, 2.05) is 0 Å². The number of halogens is 3. The van der Waals surface area contributed by atoms with E-state index in [1.54, 1.807) is 0 Å². The van der Waals surface area contributed by atoms with Gasteiger partial charge in [-0.3, -0.25) is 0 Å². The molecule has 0 saturated carbocycles. The molecule has 0 radical (unpaired) electrons. The Labute approximate surface area is 112 Å². The molecular weight excluding hydrogens is 297 g/mol. The monoisotopic (exact) mass is 308 g/mol. The van der Waals surface area contributed by atoms with E-state index in [0.29, 0.717) is 5.52 Å². The SMILES string of the molecule is CS(=O)(=O)c1cccc2[nH]c(CC(O)C(F)(F)F)nc12. The molecule has 1 aromatic carbocycles. The molecule has 0 bridgehead atoms. The number of nitrogens with one attached hydrogen (secondary N) is 1. The summed E-state index contributed by atoms with van der Waals surface area (Å²) in [6.45, 7) is 0. The van der Waals surface area contributed by atoms with Crippen molar-refractivity contribution >= 4 is 20.9 Å². The summed E-state index contributed by atoms with van der Waals surface area (Å²) in [6, 6.07) is 4.28. The number of H-pyrrole nitrogens is 1. The molecule has 1 aromatic heterocycles. The minimum absolute atomic E-state index is 0.0689. The highest BCUT2D eigenvalue weighted by atomic mass is 32.2. The van der Waals surface area contributed by atoms with Gasteiger partial charge in [-0.05, 0) is 12.1 Å². The van der Waals surface area contributed by atoms with Gasteiger partial charge >= 0.3 is 6.18 Å². The molecular formula is C11H11F3N2O3S. The van der Waals surface area contributed by atoms with Gasteiger partial charge in [-0.1, -0.05) is 6.07 Å². The first-order valence-corrected chi connectivity index (χ1v) is 7.40. The summed E-state index contributed by atoms with van der Waals surface area (Å²) in [5.41, 5.74) is 0.372. The predicted octanol–water partition coefficient (Wildman–Crippen LogP) is 1.43. The molecule has 2 N–H and O–H groups in total. The number of hydrogen-bond acceptors (Lipinski definition) is 4. The third kappa shape index (κ3) is 2.93. The summed E-state index contributed by atoms with van der Waals surface area (Å²) in [6.07, 6.45) is -7.08. The first-order chi connectivity index (χ1) is 9.09. The number of para-hydroxylation sites is 1. The van der Waals surface area contributed by atoms with Gasteiger partial charge in [0.1, 0.15) is 11.3 Å². The third-order valence-electron chi connectivity index (χ3n) is 2.69. The molecule has 1 unspecified atom stereocenters. The molecule has 0 amide bonds. The maximum Gasteiger partial charge on any atom is 0.414 e. The fourth-order valence-electron chi connectivity index (χ4n) is 1.75. The maximum absolute atomic E-state index is 12.3. The topological polar surface area (TPSA) is 83.0 Å². The van der Waals surface area contributed by atoms with Crippen molar-refractivity contribution in [3.63, 3.8) is 0 Å². The van der Waals surface area contributed by atoms with Gasteiger partial charge in [-0.2, -0.15) is 13.2 Å². The van der Waals surface area contributed by atoms with E-state index in [-0.39, 0.29) is 16.2 Å². The number of nitrogens with zero attached hydrogens (tertiary/aromatic N) is 1. The second kappa shape index (κ2) is 4.74. The zero-order valence-electron chi connectivity index (χ0n) is 10.3. The van der Waals surface area contributed by atoms with Crippen LogP contribution in [0.4, 0.5) is 13.2 Å². The Morgan fingerprint density at radius 1 is 1.40 bits per heavy atom.